The van der Waals surface area contributed by atoms with Gasteiger partial charge in [0.15, 0.2) is 0 Å². The fourth-order valence-electron chi connectivity index (χ4n) is 1.97. The summed E-state index contributed by atoms with van der Waals surface area (Å²) >= 11 is 0. The number of hydrogen-bond acceptors (Lipinski definition) is 3. The highest BCUT2D eigenvalue weighted by atomic mass is 16.5. The second kappa shape index (κ2) is 6.34. The van der Waals surface area contributed by atoms with Crippen molar-refractivity contribution >= 4 is 0 Å². The number of methoxy groups -OCH3 is 1. The van der Waals surface area contributed by atoms with Gasteiger partial charge < -0.3 is 10.5 Å². The number of rotatable bonds is 7. The number of nitrogens with zero attached hydrogens (tertiary/aromatic N) is 2. The smallest absolute Gasteiger partial charge is 0.0776 e. The average Bonchev–Trinajstić information content (AvgIpc) is 2.79. The number of nitrogens with two attached hydrogens (primary N) is 1. The molecule has 1 rings (SSSR count). The lowest BCUT2D eigenvalue weighted by atomic mass is 9.95. The van der Waals surface area contributed by atoms with Crippen LogP contribution in [-0.4, -0.2) is 28.5 Å². The van der Waals surface area contributed by atoms with Crippen LogP contribution in [-0.2, 0) is 11.2 Å². The van der Waals surface area contributed by atoms with Crippen LogP contribution in [0.1, 0.15) is 52.3 Å². The van der Waals surface area contributed by atoms with E-state index in [1.165, 1.54) is 0 Å². The zero-order valence-electron chi connectivity index (χ0n) is 12.3. The molecule has 104 valence electrons. The predicted molar refractivity (Wildman–Crippen MR) is 74.6 cm³/mol. The van der Waals surface area contributed by atoms with Gasteiger partial charge in [0.1, 0.15) is 0 Å². The molecule has 0 aliphatic rings. The van der Waals surface area contributed by atoms with E-state index in [-0.39, 0.29) is 11.6 Å². The fourth-order valence-corrected chi connectivity index (χ4v) is 1.97. The Hall–Kier alpha value is -0.870. The maximum Gasteiger partial charge on any atom is 0.0776 e. The van der Waals surface area contributed by atoms with Gasteiger partial charge in [0.25, 0.3) is 0 Å². The molecule has 0 amide bonds. The summed E-state index contributed by atoms with van der Waals surface area (Å²) in [4.78, 5) is 0. The molecule has 0 aliphatic heterocycles. The Kier molecular flexibility index (Phi) is 5.35. The van der Waals surface area contributed by atoms with Crippen molar-refractivity contribution in [3.63, 3.8) is 0 Å². The Morgan fingerprint density at radius 3 is 2.50 bits per heavy atom. The van der Waals surface area contributed by atoms with Gasteiger partial charge in [0, 0.05) is 25.8 Å². The summed E-state index contributed by atoms with van der Waals surface area (Å²) in [6.45, 7) is 8.40. The minimum absolute atomic E-state index is 0.0486. The first-order valence-electron chi connectivity index (χ1n) is 6.79. The summed E-state index contributed by atoms with van der Waals surface area (Å²) in [6, 6.07) is 2.50. The summed E-state index contributed by atoms with van der Waals surface area (Å²) in [6.07, 6.45) is 5.01. The molecule has 0 radical (unpaired) electrons. The summed E-state index contributed by atoms with van der Waals surface area (Å²) in [5.74, 6) is 0. The highest BCUT2D eigenvalue weighted by Crippen LogP contribution is 2.18. The Morgan fingerprint density at radius 2 is 2.00 bits per heavy atom. The van der Waals surface area contributed by atoms with E-state index in [4.69, 9.17) is 10.5 Å². The molecule has 0 fully saturated rings. The number of hydrogen-bond donors (Lipinski definition) is 1. The normalized spacial score (nSPS) is 14.2. The van der Waals surface area contributed by atoms with E-state index in [1.807, 2.05) is 13.8 Å². The van der Waals surface area contributed by atoms with Crippen molar-refractivity contribution in [2.24, 2.45) is 5.73 Å². The first kappa shape index (κ1) is 15.2. The predicted octanol–water partition coefficient (Wildman–Crippen LogP) is 2.54. The van der Waals surface area contributed by atoms with Gasteiger partial charge in [-0.05, 0) is 32.8 Å². The quantitative estimate of drug-likeness (QED) is 0.812. The van der Waals surface area contributed by atoms with E-state index >= 15 is 0 Å². The van der Waals surface area contributed by atoms with Gasteiger partial charge in [-0.3, -0.25) is 4.68 Å². The molecule has 2 N–H and O–H groups in total. The lowest BCUT2D eigenvalue weighted by Gasteiger charge is -2.29. The molecule has 4 heteroatoms. The van der Waals surface area contributed by atoms with Crippen molar-refractivity contribution in [3.05, 3.63) is 18.0 Å². The average molecular weight is 253 g/mol. The standard InChI is InChI=1S/C14H27N3O/c1-6-12(7-2)17-9-8-11(16-17)10-13(15)14(3,4)18-5/h8-9,12-13H,6-7,10,15H2,1-5H3. The molecule has 1 heterocycles. The van der Waals surface area contributed by atoms with Crippen molar-refractivity contribution in [2.75, 3.05) is 7.11 Å². The zero-order chi connectivity index (χ0) is 13.8. The molecule has 1 aromatic rings. The van der Waals surface area contributed by atoms with Gasteiger partial charge in [0.05, 0.1) is 17.3 Å². The van der Waals surface area contributed by atoms with Crippen molar-refractivity contribution in [2.45, 2.75) is 64.6 Å². The fraction of sp³-hybridized carbons (Fsp3) is 0.786. The van der Waals surface area contributed by atoms with Gasteiger partial charge in [-0.25, -0.2) is 0 Å². The van der Waals surface area contributed by atoms with Crippen LogP contribution >= 0.6 is 0 Å². The molecule has 18 heavy (non-hydrogen) atoms. The van der Waals surface area contributed by atoms with Crippen molar-refractivity contribution in [1.82, 2.24) is 9.78 Å². The molecule has 0 aromatic carbocycles. The topological polar surface area (TPSA) is 53.1 Å². The summed E-state index contributed by atoms with van der Waals surface area (Å²) in [5, 5.41) is 4.62. The molecule has 0 saturated carbocycles. The molecule has 1 aromatic heterocycles. The van der Waals surface area contributed by atoms with Crippen molar-refractivity contribution in [1.29, 1.82) is 0 Å². The van der Waals surface area contributed by atoms with E-state index in [0.717, 1.165) is 25.0 Å². The second-order valence-corrected chi connectivity index (χ2v) is 5.38. The summed E-state index contributed by atoms with van der Waals surface area (Å²) in [5.41, 5.74) is 6.89. The minimum Gasteiger partial charge on any atom is -0.377 e. The molecular weight excluding hydrogens is 226 g/mol. The highest BCUT2D eigenvalue weighted by Gasteiger charge is 2.26. The van der Waals surface area contributed by atoms with Gasteiger partial charge in [-0.2, -0.15) is 5.10 Å². The minimum atomic E-state index is -0.321. The van der Waals surface area contributed by atoms with Crippen LogP contribution in [0.3, 0.4) is 0 Å². The van der Waals surface area contributed by atoms with Gasteiger partial charge in [-0.1, -0.05) is 13.8 Å². The Bertz CT molecular complexity index is 356. The molecule has 0 spiro atoms. The van der Waals surface area contributed by atoms with Crippen molar-refractivity contribution in [3.8, 4) is 0 Å². The Morgan fingerprint density at radius 1 is 1.39 bits per heavy atom. The van der Waals surface area contributed by atoms with Crippen LogP contribution in [0.25, 0.3) is 0 Å². The third-order valence-electron chi connectivity index (χ3n) is 3.83. The Labute approximate surface area is 111 Å². The van der Waals surface area contributed by atoms with Crippen LogP contribution in [0.5, 0.6) is 0 Å². The van der Waals surface area contributed by atoms with Gasteiger partial charge >= 0.3 is 0 Å². The maximum atomic E-state index is 6.17. The summed E-state index contributed by atoms with van der Waals surface area (Å²) in [7, 11) is 1.70. The molecule has 0 bridgehead atoms. The summed E-state index contributed by atoms with van der Waals surface area (Å²) < 4.78 is 7.47. The lowest BCUT2D eigenvalue weighted by Crippen LogP contribution is -2.46. The molecule has 1 unspecified atom stereocenters. The third kappa shape index (κ3) is 3.56. The van der Waals surface area contributed by atoms with E-state index in [9.17, 15) is 0 Å². The van der Waals surface area contributed by atoms with Crippen LogP contribution in [0.4, 0.5) is 0 Å². The number of ether oxygens (including phenoxy) is 1. The lowest BCUT2D eigenvalue weighted by molar-refractivity contribution is 0.000538. The molecule has 4 nitrogen and oxygen atoms in total. The van der Waals surface area contributed by atoms with E-state index < -0.39 is 0 Å². The second-order valence-electron chi connectivity index (χ2n) is 5.38. The first-order valence-corrected chi connectivity index (χ1v) is 6.79. The molecular formula is C14H27N3O. The zero-order valence-corrected chi connectivity index (χ0v) is 12.3. The molecule has 1 atom stereocenters. The van der Waals surface area contributed by atoms with E-state index in [0.29, 0.717) is 6.04 Å². The SMILES string of the molecule is CCC(CC)n1ccc(CC(N)C(C)(C)OC)n1. The van der Waals surface area contributed by atoms with Crippen LogP contribution in [0, 0.1) is 0 Å². The van der Waals surface area contributed by atoms with Crippen molar-refractivity contribution < 1.29 is 4.74 Å². The monoisotopic (exact) mass is 253 g/mol. The molecule has 0 saturated heterocycles. The third-order valence-corrected chi connectivity index (χ3v) is 3.83. The maximum absolute atomic E-state index is 6.17. The highest BCUT2D eigenvalue weighted by molar-refractivity contribution is 5.04. The van der Waals surface area contributed by atoms with Gasteiger partial charge in [0.2, 0.25) is 0 Å². The molecule has 0 aliphatic carbocycles. The Balaban J connectivity index is 2.70. The van der Waals surface area contributed by atoms with Gasteiger partial charge in [-0.15, -0.1) is 0 Å². The largest absolute Gasteiger partial charge is 0.377 e. The van der Waals surface area contributed by atoms with Crippen LogP contribution in [0.15, 0.2) is 12.3 Å². The van der Waals surface area contributed by atoms with Crippen LogP contribution < -0.4 is 5.73 Å². The van der Waals surface area contributed by atoms with E-state index in [1.54, 1.807) is 7.11 Å². The first-order chi connectivity index (χ1) is 8.44. The van der Waals surface area contributed by atoms with E-state index in [2.05, 4.69) is 35.9 Å². The number of aromatic nitrogens is 2. The van der Waals surface area contributed by atoms with Crippen LogP contribution in [0.2, 0.25) is 0 Å².